The summed E-state index contributed by atoms with van der Waals surface area (Å²) in [6, 6.07) is 5.80. The van der Waals surface area contributed by atoms with Crippen LogP contribution in [-0.2, 0) is 0 Å². The summed E-state index contributed by atoms with van der Waals surface area (Å²) in [7, 11) is -3.96. The average molecular weight is 389 g/mol. The normalized spacial score (nSPS) is 29.1. The molecule has 2 heterocycles. The summed E-state index contributed by atoms with van der Waals surface area (Å²) in [6.07, 6.45) is 0. The molecule has 0 saturated carbocycles. The van der Waals surface area contributed by atoms with Crippen molar-refractivity contribution in [3.05, 3.63) is 9.30 Å². The van der Waals surface area contributed by atoms with Crippen LogP contribution in [0.25, 0.3) is 9.30 Å². The molecule has 0 aromatic carbocycles. The zero-order valence-electron chi connectivity index (χ0n) is 14.2. The van der Waals surface area contributed by atoms with Crippen molar-refractivity contribution in [3.8, 4) is 0 Å². The Hall–Kier alpha value is 1.33. The van der Waals surface area contributed by atoms with Gasteiger partial charge in [-0.25, -0.2) is 0 Å². The zero-order chi connectivity index (χ0) is 14.2. The van der Waals surface area contributed by atoms with Crippen LogP contribution in [0.15, 0.2) is 0 Å². The maximum atomic E-state index is 4.93. The molecule has 2 aliphatic heterocycles. The average Bonchev–Trinajstić information content (AvgIpc) is 2.48. The summed E-state index contributed by atoms with van der Waals surface area (Å²) < 4.78 is 9.86. The van der Waals surface area contributed by atoms with Crippen LogP contribution < -0.4 is 0 Å². The SMILES string of the molecule is C[Si]1(C)CC[Si](C)(C)[N-]1.C[Si]1(C)CC[Si](C)(C)[N-]1.[Ge]. The fourth-order valence-electron chi connectivity index (χ4n) is 3.09. The Morgan fingerprint density at radius 1 is 0.474 bits per heavy atom. The van der Waals surface area contributed by atoms with Crippen LogP contribution in [0.4, 0.5) is 0 Å². The van der Waals surface area contributed by atoms with Gasteiger partial charge in [0.1, 0.15) is 0 Å². The van der Waals surface area contributed by atoms with Gasteiger partial charge in [0, 0.05) is 17.6 Å². The van der Waals surface area contributed by atoms with Gasteiger partial charge in [0.05, 0.1) is 0 Å². The van der Waals surface area contributed by atoms with E-state index in [0.717, 1.165) is 0 Å². The van der Waals surface area contributed by atoms with Crippen LogP contribution in [0.1, 0.15) is 0 Å². The molecule has 0 N–H and O–H groups in total. The van der Waals surface area contributed by atoms with Crippen molar-refractivity contribution in [2.75, 3.05) is 0 Å². The van der Waals surface area contributed by atoms with Crippen LogP contribution in [0.2, 0.25) is 76.6 Å². The van der Waals surface area contributed by atoms with Gasteiger partial charge in [-0.15, -0.1) is 0 Å². The summed E-state index contributed by atoms with van der Waals surface area (Å²) in [6.45, 7) is 19.1. The Labute approximate surface area is 136 Å². The number of hydrogen-bond donors (Lipinski definition) is 0. The first kappa shape index (κ1) is 20.3. The summed E-state index contributed by atoms with van der Waals surface area (Å²) in [4.78, 5) is 0. The van der Waals surface area contributed by atoms with Crippen molar-refractivity contribution in [1.82, 2.24) is 0 Å². The molecule has 2 fully saturated rings. The van der Waals surface area contributed by atoms with E-state index in [-0.39, 0.29) is 17.6 Å². The molecule has 0 aliphatic carbocycles. The molecular formula is C12H32GeN2Si4-2. The predicted octanol–water partition coefficient (Wildman–Crippen LogP) is 5.19. The molecule has 0 aromatic rings. The molecule has 19 heavy (non-hydrogen) atoms. The fraction of sp³-hybridized carbons (Fsp3) is 1.00. The van der Waals surface area contributed by atoms with Gasteiger partial charge in [-0.05, 0) is 0 Å². The van der Waals surface area contributed by atoms with Crippen molar-refractivity contribution in [2.24, 2.45) is 0 Å². The van der Waals surface area contributed by atoms with E-state index in [1.54, 1.807) is 0 Å². The molecule has 0 aromatic heterocycles. The van der Waals surface area contributed by atoms with Gasteiger partial charge >= 0.3 is 0 Å². The Morgan fingerprint density at radius 2 is 0.632 bits per heavy atom. The third-order valence-corrected chi connectivity index (χ3v) is 20.5. The molecule has 2 aliphatic rings. The standard InChI is InChI=1S/2C6H16NSi2.Ge/c2*1-8(2)5-6-9(3,4)7-8;/h2*5-6H2,1-4H3;/q2*-1;. The van der Waals surface area contributed by atoms with Crippen LogP contribution in [-0.4, -0.2) is 50.5 Å². The van der Waals surface area contributed by atoms with E-state index in [4.69, 9.17) is 9.30 Å². The van der Waals surface area contributed by atoms with Crippen molar-refractivity contribution in [3.63, 3.8) is 0 Å². The van der Waals surface area contributed by atoms with Gasteiger partial charge in [0.25, 0.3) is 0 Å². The van der Waals surface area contributed by atoms with Gasteiger partial charge < -0.3 is 9.30 Å². The van der Waals surface area contributed by atoms with E-state index in [1.807, 2.05) is 0 Å². The summed E-state index contributed by atoms with van der Waals surface area (Å²) in [5, 5.41) is 0. The van der Waals surface area contributed by atoms with Gasteiger partial charge in [-0.2, -0.15) is 0 Å². The third-order valence-electron chi connectivity index (χ3n) is 3.91. The summed E-state index contributed by atoms with van der Waals surface area (Å²) in [5.74, 6) is 0. The first-order valence-corrected chi connectivity index (χ1v) is 19.9. The topological polar surface area (TPSA) is 28.2 Å². The van der Waals surface area contributed by atoms with E-state index in [2.05, 4.69) is 52.4 Å². The van der Waals surface area contributed by atoms with Crippen molar-refractivity contribution in [2.45, 2.75) is 76.6 Å². The Balaban J connectivity index is 0.000000324. The maximum absolute atomic E-state index is 4.93. The number of hydrogen-bond acceptors (Lipinski definition) is 0. The minimum absolute atomic E-state index is 0. The fourth-order valence-corrected chi connectivity index (χ4v) is 27.8. The van der Waals surface area contributed by atoms with Crippen molar-refractivity contribution >= 4 is 50.5 Å². The summed E-state index contributed by atoms with van der Waals surface area (Å²) in [5.41, 5.74) is 0. The van der Waals surface area contributed by atoms with Gasteiger partial charge in [-0.3, -0.25) is 0 Å². The number of nitrogens with zero attached hydrogens (tertiary/aromatic N) is 2. The predicted molar refractivity (Wildman–Crippen MR) is 102 cm³/mol. The second-order valence-corrected chi connectivity index (χ2v) is 26.8. The second-order valence-electron chi connectivity index (χ2n) is 8.47. The summed E-state index contributed by atoms with van der Waals surface area (Å²) >= 11 is 0. The molecule has 0 amide bonds. The minimum atomic E-state index is -0.989. The van der Waals surface area contributed by atoms with Gasteiger partial charge in [0.2, 0.25) is 0 Å². The van der Waals surface area contributed by atoms with Crippen LogP contribution in [0, 0.1) is 0 Å². The van der Waals surface area contributed by atoms with E-state index < -0.39 is 32.9 Å². The van der Waals surface area contributed by atoms with Crippen LogP contribution in [0.5, 0.6) is 0 Å². The first-order chi connectivity index (χ1) is 7.83. The Kier molecular flexibility index (Phi) is 7.08. The van der Waals surface area contributed by atoms with E-state index in [0.29, 0.717) is 0 Å². The van der Waals surface area contributed by atoms with E-state index in [1.165, 1.54) is 24.2 Å². The van der Waals surface area contributed by atoms with Gasteiger partial charge in [0.15, 0.2) is 0 Å². The quantitative estimate of drug-likeness (QED) is 0.511. The van der Waals surface area contributed by atoms with Crippen molar-refractivity contribution in [1.29, 1.82) is 0 Å². The molecule has 4 radical (unpaired) electrons. The van der Waals surface area contributed by atoms with Crippen LogP contribution >= 0.6 is 0 Å². The maximum Gasteiger partial charge on any atom is 0 e. The molecular weight excluding hydrogens is 357 g/mol. The van der Waals surface area contributed by atoms with Crippen LogP contribution in [0.3, 0.4) is 0 Å². The Morgan fingerprint density at radius 3 is 0.684 bits per heavy atom. The molecule has 0 unspecified atom stereocenters. The monoisotopic (exact) mass is 390 g/mol. The van der Waals surface area contributed by atoms with Crippen molar-refractivity contribution < 1.29 is 0 Å². The Bertz CT molecular complexity index is 248. The van der Waals surface area contributed by atoms with E-state index in [9.17, 15) is 0 Å². The first-order valence-electron chi connectivity index (χ1n) is 7.31. The molecule has 0 atom stereocenters. The smallest absolute Gasteiger partial charge is 0 e. The second kappa shape index (κ2) is 6.62. The zero-order valence-corrected chi connectivity index (χ0v) is 20.3. The van der Waals surface area contributed by atoms with Gasteiger partial charge in [-0.1, -0.05) is 109 Å². The number of rotatable bonds is 0. The minimum Gasteiger partial charge on any atom is -0.667 e. The molecule has 112 valence electrons. The molecule has 2 rings (SSSR count). The largest absolute Gasteiger partial charge is 0.667 e. The molecule has 7 heteroatoms. The molecule has 2 nitrogen and oxygen atoms in total. The van der Waals surface area contributed by atoms with E-state index >= 15 is 0 Å². The molecule has 0 bridgehead atoms. The molecule has 0 spiro atoms. The third kappa shape index (κ3) is 7.77. The molecule has 2 saturated heterocycles.